The Morgan fingerprint density at radius 3 is 2.80 bits per heavy atom. The van der Waals surface area contributed by atoms with Gasteiger partial charge >= 0.3 is 0 Å². The van der Waals surface area contributed by atoms with E-state index < -0.39 is 5.54 Å². The van der Waals surface area contributed by atoms with Gasteiger partial charge in [0.2, 0.25) is 5.91 Å². The lowest BCUT2D eigenvalue weighted by Gasteiger charge is -2.38. The van der Waals surface area contributed by atoms with E-state index in [0.29, 0.717) is 13.0 Å². The quantitative estimate of drug-likeness (QED) is 0.853. The molecule has 1 heterocycles. The fourth-order valence-corrected chi connectivity index (χ4v) is 2.49. The molecule has 2 rings (SSSR count). The molecule has 0 saturated carbocycles. The summed E-state index contributed by atoms with van der Waals surface area (Å²) in [6, 6.07) is 7.88. The van der Waals surface area contributed by atoms with Gasteiger partial charge in [-0.05, 0) is 24.1 Å². The van der Waals surface area contributed by atoms with E-state index in [9.17, 15) is 4.79 Å². The standard InChI is InChI=1S/C17H20N2O/c1-4-8-13(5-2)12-19-15-10-7-6-9-14(15)11-17(3,18)16(19)20/h4-10H,1-2,11-12,18H2,3H3/b13-8+. The zero-order valence-electron chi connectivity index (χ0n) is 11.8. The van der Waals surface area contributed by atoms with Crippen LogP contribution in [0.1, 0.15) is 12.5 Å². The molecule has 0 radical (unpaired) electrons. The number of hydrogen-bond donors (Lipinski definition) is 1. The Morgan fingerprint density at radius 2 is 2.15 bits per heavy atom. The number of para-hydroxylation sites is 1. The summed E-state index contributed by atoms with van der Waals surface area (Å²) in [7, 11) is 0. The van der Waals surface area contributed by atoms with Crippen molar-refractivity contribution in [1.82, 2.24) is 0 Å². The number of fused-ring (bicyclic) bond motifs is 1. The Bertz CT molecular complexity index is 584. The Labute approximate surface area is 120 Å². The van der Waals surface area contributed by atoms with Gasteiger partial charge in [-0.1, -0.05) is 49.6 Å². The van der Waals surface area contributed by atoms with Crippen LogP contribution in [-0.4, -0.2) is 18.0 Å². The number of amides is 1. The van der Waals surface area contributed by atoms with Crippen LogP contribution in [0, 0.1) is 0 Å². The molecular formula is C17H20N2O. The Kier molecular flexibility index (Phi) is 3.91. The minimum Gasteiger partial charge on any atom is -0.317 e. The van der Waals surface area contributed by atoms with Crippen molar-refractivity contribution in [3.05, 3.63) is 66.8 Å². The van der Waals surface area contributed by atoms with Crippen LogP contribution < -0.4 is 10.6 Å². The van der Waals surface area contributed by atoms with Crippen molar-refractivity contribution in [1.29, 1.82) is 0 Å². The van der Waals surface area contributed by atoms with Crippen molar-refractivity contribution >= 4 is 11.6 Å². The van der Waals surface area contributed by atoms with Crippen molar-refractivity contribution in [2.24, 2.45) is 5.73 Å². The first-order chi connectivity index (χ1) is 9.49. The molecule has 1 aliphatic heterocycles. The minimum absolute atomic E-state index is 0.0620. The lowest BCUT2D eigenvalue weighted by molar-refractivity contribution is -0.123. The van der Waals surface area contributed by atoms with E-state index in [1.165, 1.54) is 0 Å². The van der Waals surface area contributed by atoms with Crippen LogP contribution in [0.25, 0.3) is 0 Å². The molecular weight excluding hydrogens is 248 g/mol. The first kappa shape index (κ1) is 14.3. The summed E-state index contributed by atoms with van der Waals surface area (Å²) >= 11 is 0. The highest BCUT2D eigenvalue weighted by Gasteiger charge is 2.39. The number of anilines is 1. The predicted molar refractivity (Wildman–Crippen MR) is 83.6 cm³/mol. The predicted octanol–water partition coefficient (Wildman–Crippen LogP) is 2.59. The third-order valence-corrected chi connectivity index (χ3v) is 3.51. The van der Waals surface area contributed by atoms with Crippen molar-refractivity contribution < 1.29 is 4.79 Å². The highest BCUT2D eigenvalue weighted by molar-refractivity contribution is 6.03. The van der Waals surface area contributed by atoms with Gasteiger partial charge < -0.3 is 10.6 Å². The summed E-state index contributed by atoms with van der Waals surface area (Å²) in [4.78, 5) is 14.3. The molecule has 0 saturated heterocycles. The molecule has 1 aliphatic rings. The number of allylic oxidation sites excluding steroid dienone is 2. The first-order valence-electron chi connectivity index (χ1n) is 6.62. The maximum Gasteiger partial charge on any atom is 0.247 e. The van der Waals surface area contributed by atoms with E-state index in [2.05, 4.69) is 13.2 Å². The summed E-state index contributed by atoms with van der Waals surface area (Å²) in [5.41, 5.74) is 8.25. The molecule has 1 unspecified atom stereocenters. The van der Waals surface area contributed by atoms with Gasteiger partial charge in [0, 0.05) is 12.1 Å². The summed E-state index contributed by atoms with van der Waals surface area (Å²) in [6.45, 7) is 9.70. The van der Waals surface area contributed by atoms with Crippen LogP contribution in [0.2, 0.25) is 0 Å². The summed E-state index contributed by atoms with van der Waals surface area (Å²) in [5, 5.41) is 0. The van der Waals surface area contributed by atoms with Crippen LogP contribution in [-0.2, 0) is 11.2 Å². The van der Waals surface area contributed by atoms with Crippen LogP contribution in [0.3, 0.4) is 0 Å². The second kappa shape index (κ2) is 5.47. The molecule has 1 aromatic rings. The number of carbonyl (C=O) groups excluding carboxylic acids is 1. The molecule has 1 aromatic carbocycles. The molecule has 1 amide bonds. The molecule has 0 aliphatic carbocycles. The minimum atomic E-state index is -0.866. The van der Waals surface area contributed by atoms with Crippen LogP contribution in [0.4, 0.5) is 5.69 Å². The number of rotatable bonds is 4. The van der Waals surface area contributed by atoms with Gasteiger partial charge in [-0.3, -0.25) is 4.79 Å². The van der Waals surface area contributed by atoms with E-state index in [1.807, 2.05) is 30.3 Å². The maximum absolute atomic E-state index is 12.6. The molecule has 0 spiro atoms. The summed E-state index contributed by atoms with van der Waals surface area (Å²) in [6.07, 6.45) is 5.84. The van der Waals surface area contributed by atoms with Gasteiger partial charge in [-0.15, -0.1) is 0 Å². The van der Waals surface area contributed by atoms with Gasteiger partial charge in [0.15, 0.2) is 0 Å². The number of hydrogen-bond acceptors (Lipinski definition) is 2. The van der Waals surface area contributed by atoms with E-state index in [-0.39, 0.29) is 5.91 Å². The third-order valence-electron chi connectivity index (χ3n) is 3.51. The largest absolute Gasteiger partial charge is 0.317 e. The maximum atomic E-state index is 12.6. The SMILES string of the molecule is C=C/C=C(\C=C)CN1C(=O)C(C)(N)Cc2ccccc21. The number of nitrogens with two attached hydrogens (primary N) is 1. The van der Waals surface area contributed by atoms with E-state index >= 15 is 0 Å². The lowest BCUT2D eigenvalue weighted by Crippen LogP contribution is -2.58. The molecule has 1 atom stereocenters. The highest BCUT2D eigenvalue weighted by atomic mass is 16.2. The second-order valence-corrected chi connectivity index (χ2v) is 5.30. The smallest absolute Gasteiger partial charge is 0.247 e. The first-order valence-corrected chi connectivity index (χ1v) is 6.62. The highest BCUT2D eigenvalue weighted by Crippen LogP contribution is 2.31. The summed E-state index contributed by atoms with van der Waals surface area (Å²) < 4.78 is 0. The molecule has 20 heavy (non-hydrogen) atoms. The van der Waals surface area contributed by atoms with Crippen LogP contribution in [0.5, 0.6) is 0 Å². The van der Waals surface area contributed by atoms with E-state index in [4.69, 9.17) is 5.73 Å². The average Bonchev–Trinajstić information content (AvgIpc) is 2.42. The lowest BCUT2D eigenvalue weighted by atomic mass is 9.86. The van der Waals surface area contributed by atoms with Crippen LogP contribution in [0.15, 0.2) is 61.2 Å². The molecule has 3 heteroatoms. The van der Waals surface area contributed by atoms with E-state index in [0.717, 1.165) is 16.8 Å². The Morgan fingerprint density at radius 1 is 1.45 bits per heavy atom. The Hall–Kier alpha value is -2.13. The third kappa shape index (κ3) is 2.58. The van der Waals surface area contributed by atoms with Gasteiger partial charge in [0.25, 0.3) is 0 Å². The second-order valence-electron chi connectivity index (χ2n) is 5.30. The van der Waals surface area contributed by atoms with Gasteiger partial charge in [0.05, 0.1) is 12.1 Å². The fraction of sp³-hybridized carbons (Fsp3) is 0.235. The van der Waals surface area contributed by atoms with Crippen molar-refractivity contribution in [3.63, 3.8) is 0 Å². The molecule has 2 N–H and O–H groups in total. The molecule has 104 valence electrons. The topological polar surface area (TPSA) is 46.3 Å². The molecule has 3 nitrogen and oxygen atoms in total. The molecule has 0 fully saturated rings. The molecule has 0 bridgehead atoms. The number of carbonyl (C=O) groups is 1. The van der Waals surface area contributed by atoms with Crippen molar-refractivity contribution in [3.8, 4) is 0 Å². The fourth-order valence-electron chi connectivity index (χ4n) is 2.49. The average molecular weight is 268 g/mol. The normalized spacial score (nSPS) is 22.4. The van der Waals surface area contributed by atoms with Crippen molar-refractivity contribution in [2.45, 2.75) is 18.9 Å². The number of nitrogens with zero attached hydrogens (tertiary/aromatic N) is 1. The van der Waals surface area contributed by atoms with Gasteiger partial charge in [0.1, 0.15) is 0 Å². The van der Waals surface area contributed by atoms with E-state index in [1.54, 1.807) is 24.0 Å². The molecule has 0 aromatic heterocycles. The number of benzene rings is 1. The monoisotopic (exact) mass is 268 g/mol. The Balaban J connectivity index is 2.44. The zero-order valence-corrected chi connectivity index (χ0v) is 11.8. The van der Waals surface area contributed by atoms with Crippen molar-refractivity contribution in [2.75, 3.05) is 11.4 Å². The van der Waals surface area contributed by atoms with Gasteiger partial charge in [-0.25, -0.2) is 0 Å². The zero-order chi connectivity index (χ0) is 14.8. The van der Waals surface area contributed by atoms with Crippen LogP contribution >= 0.6 is 0 Å². The van der Waals surface area contributed by atoms with Gasteiger partial charge in [-0.2, -0.15) is 0 Å². The summed E-state index contributed by atoms with van der Waals surface area (Å²) in [5.74, 6) is -0.0620.